The molecule has 0 radical (unpaired) electrons. The number of hydrogen-bond donors (Lipinski definition) is 0. The molecule has 0 aromatic rings. The maximum absolute atomic E-state index is 12.0. The largest absolute Gasteiger partial charge is 0.590 e. The first kappa shape index (κ1) is 19.9. The van der Waals surface area contributed by atoms with E-state index in [1.807, 2.05) is 0 Å². The zero-order valence-electron chi connectivity index (χ0n) is 10.8. The minimum Gasteiger partial charge on any atom is -0.433 e. The topological polar surface area (TPSA) is 55.4 Å². The third kappa shape index (κ3) is 7.38. The second-order valence-electron chi connectivity index (χ2n) is 3.47. The molecule has 0 N–H and O–H groups in total. The molecule has 2 heterocycles. The van der Waals surface area contributed by atoms with Crippen LogP contribution in [0.4, 0.5) is 39.5 Å². The number of ether oxygens (including phenoxy) is 6. The second kappa shape index (κ2) is 7.59. The van der Waals surface area contributed by atoms with Crippen LogP contribution in [0.1, 0.15) is 0 Å². The molecule has 1 unspecified atom stereocenters. The van der Waals surface area contributed by atoms with Crippen LogP contribution in [0.5, 0.6) is 0 Å². The van der Waals surface area contributed by atoms with Gasteiger partial charge in [-0.05, 0) is 0 Å². The van der Waals surface area contributed by atoms with E-state index in [1.54, 1.807) is 0 Å². The van der Waals surface area contributed by atoms with Crippen molar-refractivity contribution in [3.05, 3.63) is 24.2 Å². The Bertz CT molecular complexity index is 488. The lowest BCUT2D eigenvalue weighted by molar-refractivity contribution is -0.374. The number of alkyl halides is 7. The molecule has 0 amide bonds. The zero-order chi connectivity index (χ0) is 18.5. The fraction of sp³-hybridized carbons (Fsp3) is 0.556. The van der Waals surface area contributed by atoms with Crippen LogP contribution >= 0.6 is 0 Å². The summed E-state index contributed by atoms with van der Waals surface area (Å²) in [4.78, 5) is 0. The summed E-state index contributed by atoms with van der Waals surface area (Å²) in [6.07, 6.45) is -11.8. The van der Waals surface area contributed by atoms with Crippen molar-refractivity contribution in [2.45, 2.75) is 25.6 Å². The van der Waals surface area contributed by atoms with Crippen molar-refractivity contribution < 1.29 is 67.9 Å². The molecular weight excluding hydrogens is 375 g/mol. The Morgan fingerprint density at radius 3 is 2.17 bits per heavy atom. The standard InChI is InChI=1S/C5H5F3O3.C4F6O3/c6-3(7)1-9-5-10-2-4(8)11-5;5-1-2(12-3(6,7)8)13-4(9,10)11-1/h2-3,5H,1H2;. The molecule has 15 heteroatoms. The van der Waals surface area contributed by atoms with Gasteiger partial charge < -0.3 is 28.4 Å². The van der Waals surface area contributed by atoms with Gasteiger partial charge in [-0.1, -0.05) is 0 Å². The lowest BCUT2D eigenvalue weighted by atomic mass is 10.8. The Labute approximate surface area is 125 Å². The summed E-state index contributed by atoms with van der Waals surface area (Å²) in [6, 6.07) is -3.24. The molecular formula is C9H5F9O6. The van der Waals surface area contributed by atoms with Gasteiger partial charge in [-0.3, -0.25) is 0 Å². The minimum atomic E-state index is -5.32. The van der Waals surface area contributed by atoms with Crippen LogP contribution < -0.4 is 0 Å². The van der Waals surface area contributed by atoms with Gasteiger partial charge in [-0.2, -0.15) is 8.78 Å². The third-order valence-electron chi connectivity index (χ3n) is 1.63. The summed E-state index contributed by atoms with van der Waals surface area (Å²) in [5, 5.41) is 0. The first-order chi connectivity index (χ1) is 10.9. The van der Waals surface area contributed by atoms with Gasteiger partial charge in [0.2, 0.25) is 0 Å². The molecule has 0 bridgehead atoms. The first-order valence-corrected chi connectivity index (χ1v) is 5.37. The van der Waals surface area contributed by atoms with Gasteiger partial charge in [0, 0.05) is 0 Å². The number of rotatable bonds is 4. The average molecular weight is 380 g/mol. The lowest BCUT2D eigenvalue weighted by Crippen LogP contribution is -2.19. The van der Waals surface area contributed by atoms with Gasteiger partial charge >= 0.3 is 37.1 Å². The third-order valence-corrected chi connectivity index (χ3v) is 1.63. The molecule has 0 saturated carbocycles. The Hall–Kier alpha value is -2.19. The van der Waals surface area contributed by atoms with Crippen LogP contribution in [0.3, 0.4) is 0 Å². The van der Waals surface area contributed by atoms with E-state index in [1.165, 1.54) is 0 Å². The molecule has 0 aromatic carbocycles. The number of hydrogen-bond acceptors (Lipinski definition) is 6. The SMILES string of the molecule is FC1=C(OC(F)(F)F)OC(F)(F)O1.FC1=COC(OCC(F)F)O1. The van der Waals surface area contributed by atoms with Crippen LogP contribution in [-0.2, 0) is 28.4 Å². The van der Waals surface area contributed by atoms with E-state index < -0.39 is 50.1 Å². The molecule has 2 aliphatic heterocycles. The monoisotopic (exact) mass is 380 g/mol. The molecule has 6 nitrogen and oxygen atoms in total. The van der Waals surface area contributed by atoms with Crippen LogP contribution in [0.15, 0.2) is 24.2 Å². The van der Waals surface area contributed by atoms with Crippen LogP contribution in [-0.4, -0.2) is 32.2 Å². The van der Waals surface area contributed by atoms with E-state index in [0.29, 0.717) is 6.26 Å². The van der Waals surface area contributed by atoms with Gasteiger partial charge in [0.25, 0.3) is 6.43 Å². The predicted molar refractivity (Wildman–Crippen MR) is 49.5 cm³/mol. The van der Waals surface area contributed by atoms with E-state index in [0.717, 1.165) is 0 Å². The molecule has 0 fully saturated rings. The molecule has 24 heavy (non-hydrogen) atoms. The Morgan fingerprint density at radius 1 is 1.17 bits per heavy atom. The zero-order valence-corrected chi connectivity index (χ0v) is 10.8. The van der Waals surface area contributed by atoms with E-state index in [4.69, 9.17) is 0 Å². The van der Waals surface area contributed by atoms with Crippen molar-refractivity contribution in [3.63, 3.8) is 0 Å². The van der Waals surface area contributed by atoms with Crippen molar-refractivity contribution >= 4 is 0 Å². The molecule has 140 valence electrons. The first-order valence-electron chi connectivity index (χ1n) is 5.37. The Morgan fingerprint density at radius 2 is 1.79 bits per heavy atom. The molecule has 2 aliphatic rings. The summed E-state index contributed by atoms with van der Waals surface area (Å²) in [7, 11) is 0. The van der Waals surface area contributed by atoms with Crippen LogP contribution in [0.25, 0.3) is 0 Å². The molecule has 2 rings (SSSR count). The Balaban J connectivity index is 0.000000243. The normalized spacial score (nSPS) is 21.9. The molecule has 0 aliphatic carbocycles. The van der Waals surface area contributed by atoms with Gasteiger partial charge in [-0.25, -0.2) is 8.78 Å². The van der Waals surface area contributed by atoms with Gasteiger partial charge in [0.05, 0.1) is 0 Å². The van der Waals surface area contributed by atoms with Gasteiger partial charge in [-0.15, -0.1) is 22.0 Å². The van der Waals surface area contributed by atoms with Crippen molar-refractivity contribution in [2.75, 3.05) is 6.61 Å². The quantitative estimate of drug-likeness (QED) is 0.695. The van der Waals surface area contributed by atoms with E-state index in [-0.39, 0.29) is 0 Å². The molecule has 0 saturated heterocycles. The van der Waals surface area contributed by atoms with Crippen molar-refractivity contribution in [1.82, 2.24) is 0 Å². The summed E-state index contributed by atoms with van der Waals surface area (Å²) in [6.45, 7) is -2.21. The van der Waals surface area contributed by atoms with Crippen LogP contribution in [0, 0.1) is 0 Å². The van der Waals surface area contributed by atoms with E-state index in [9.17, 15) is 39.5 Å². The highest BCUT2D eigenvalue weighted by Gasteiger charge is 2.50. The van der Waals surface area contributed by atoms with Crippen molar-refractivity contribution in [3.8, 4) is 0 Å². The summed E-state index contributed by atoms with van der Waals surface area (Å²) in [5.41, 5.74) is 0. The highest BCUT2D eigenvalue weighted by atomic mass is 19.4. The summed E-state index contributed by atoms with van der Waals surface area (Å²) in [5.74, 6) is -2.04. The highest BCUT2D eigenvalue weighted by Crippen LogP contribution is 2.37. The fourth-order valence-electron chi connectivity index (χ4n) is 0.962. The number of halogens is 9. The Kier molecular flexibility index (Phi) is 6.28. The fourth-order valence-corrected chi connectivity index (χ4v) is 0.962. The molecule has 1 atom stereocenters. The van der Waals surface area contributed by atoms with E-state index in [2.05, 4.69) is 28.4 Å². The minimum absolute atomic E-state index is 0.649. The van der Waals surface area contributed by atoms with E-state index >= 15 is 0 Å². The maximum atomic E-state index is 12.0. The maximum Gasteiger partial charge on any atom is 0.590 e. The second-order valence-corrected chi connectivity index (χ2v) is 3.47. The highest BCUT2D eigenvalue weighted by molar-refractivity contribution is 4.90. The van der Waals surface area contributed by atoms with Gasteiger partial charge in [0.15, 0.2) is 6.26 Å². The summed E-state index contributed by atoms with van der Waals surface area (Å²) < 4.78 is 126. The summed E-state index contributed by atoms with van der Waals surface area (Å²) >= 11 is 0. The molecule has 0 spiro atoms. The van der Waals surface area contributed by atoms with Gasteiger partial charge in [0.1, 0.15) is 6.61 Å². The van der Waals surface area contributed by atoms with Crippen molar-refractivity contribution in [2.24, 2.45) is 0 Å². The predicted octanol–water partition coefficient (Wildman–Crippen LogP) is 3.58. The average Bonchev–Trinajstić information content (AvgIpc) is 2.89. The van der Waals surface area contributed by atoms with Crippen LogP contribution in [0.2, 0.25) is 0 Å². The lowest BCUT2D eigenvalue weighted by Gasteiger charge is -2.09. The molecule has 0 aromatic heterocycles. The smallest absolute Gasteiger partial charge is 0.433 e. The van der Waals surface area contributed by atoms with Crippen molar-refractivity contribution in [1.29, 1.82) is 0 Å².